The first-order valence-electron chi connectivity index (χ1n) is 5.90. The summed E-state index contributed by atoms with van der Waals surface area (Å²) in [6.07, 6.45) is 5.34. The minimum Gasteiger partial charge on any atom is -0.313 e. The van der Waals surface area contributed by atoms with E-state index >= 15 is 0 Å². The Hall–Kier alpha value is -0.130. The van der Waals surface area contributed by atoms with Crippen molar-refractivity contribution in [2.75, 3.05) is 25.4 Å². The first kappa shape index (κ1) is 11.4. The van der Waals surface area contributed by atoms with Crippen LogP contribution in [0.15, 0.2) is 0 Å². The van der Waals surface area contributed by atoms with E-state index in [-0.39, 0.29) is 6.04 Å². The van der Waals surface area contributed by atoms with Crippen molar-refractivity contribution in [3.8, 4) is 0 Å². The summed E-state index contributed by atoms with van der Waals surface area (Å²) in [5.74, 6) is 0.299. The van der Waals surface area contributed by atoms with Crippen molar-refractivity contribution >= 4 is 10.0 Å². The number of hydrogen-bond acceptors (Lipinski definition) is 3. The zero-order valence-electron chi connectivity index (χ0n) is 9.11. The average molecular weight is 232 g/mol. The van der Waals surface area contributed by atoms with Gasteiger partial charge >= 0.3 is 0 Å². The van der Waals surface area contributed by atoms with Crippen molar-refractivity contribution in [2.24, 2.45) is 0 Å². The summed E-state index contributed by atoms with van der Waals surface area (Å²) < 4.78 is 25.7. The Morgan fingerprint density at radius 3 is 2.47 bits per heavy atom. The van der Waals surface area contributed by atoms with Crippen LogP contribution in [-0.2, 0) is 10.0 Å². The lowest BCUT2D eigenvalue weighted by Gasteiger charge is -2.27. The molecule has 2 aliphatic rings. The molecule has 2 fully saturated rings. The third-order valence-corrected chi connectivity index (χ3v) is 5.26. The summed E-state index contributed by atoms with van der Waals surface area (Å²) in [5, 5.41) is 3.25. The Morgan fingerprint density at radius 1 is 1.13 bits per heavy atom. The van der Waals surface area contributed by atoms with E-state index in [2.05, 4.69) is 5.32 Å². The highest BCUT2D eigenvalue weighted by molar-refractivity contribution is 7.89. The quantitative estimate of drug-likeness (QED) is 0.773. The smallest absolute Gasteiger partial charge is 0.215 e. The van der Waals surface area contributed by atoms with Gasteiger partial charge in [-0.2, -0.15) is 0 Å². The van der Waals surface area contributed by atoms with Crippen LogP contribution in [0.3, 0.4) is 0 Å². The van der Waals surface area contributed by atoms with Crippen molar-refractivity contribution in [1.82, 2.24) is 9.62 Å². The van der Waals surface area contributed by atoms with E-state index in [4.69, 9.17) is 0 Å². The fraction of sp³-hybridized carbons (Fsp3) is 1.00. The SMILES string of the molecule is O=S(=O)(CC1CCCN1)N1CCCCC1. The second kappa shape index (κ2) is 4.80. The van der Waals surface area contributed by atoms with Crippen molar-refractivity contribution < 1.29 is 8.42 Å². The molecule has 4 nitrogen and oxygen atoms in total. The second-order valence-electron chi connectivity index (χ2n) is 4.53. The molecule has 0 aromatic carbocycles. The Kier molecular flexibility index (Phi) is 3.64. The first-order valence-corrected chi connectivity index (χ1v) is 7.50. The number of nitrogens with one attached hydrogen (secondary N) is 1. The third-order valence-electron chi connectivity index (χ3n) is 3.28. The monoisotopic (exact) mass is 232 g/mol. The third kappa shape index (κ3) is 2.92. The summed E-state index contributed by atoms with van der Waals surface area (Å²) in [4.78, 5) is 0. The van der Waals surface area contributed by atoms with Crippen LogP contribution in [0.4, 0.5) is 0 Å². The molecular formula is C10H20N2O2S. The molecule has 15 heavy (non-hydrogen) atoms. The Labute approximate surface area is 92.1 Å². The molecule has 0 aromatic rings. The van der Waals surface area contributed by atoms with Gasteiger partial charge in [-0.25, -0.2) is 12.7 Å². The first-order chi connectivity index (χ1) is 7.18. The van der Waals surface area contributed by atoms with Gasteiger partial charge in [0.15, 0.2) is 0 Å². The fourth-order valence-corrected chi connectivity index (χ4v) is 4.22. The number of nitrogens with zero attached hydrogens (tertiary/aromatic N) is 1. The highest BCUT2D eigenvalue weighted by Crippen LogP contribution is 2.16. The van der Waals surface area contributed by atoms with Crippen LogP contribution in [0.5, 0.6) is 0 Å². The Balaban J connectivity index is 1.92. The van der Waals surface area contributed by atoms with E-state index in [1.807, 2.05) is 0 Å². The molecule has 2 saturated heterocycles. The normalized spacial score (nSPS) is 29.5. The lowest BCUT2D eigenvalue weighted by Crippen LogP contribution is -2.42. The molecule has 0 radical (unpaired) electrons. The maximum absolute atomic E-state index is 12.0. The van der Waals surface area contributed by atoms with E-state index in [0.29, 0.717) is 5.75 Å². The van der Waals surface area contributed by atoms with E-state index in [1.165, 1.54) is 6.42 Å². The molecule has 1 atom stereocenters. The van der Waals surface area contributed by atoms with Gasteiger partial charge in [0.25, 0.3) is 0 Å². The van der Waals surface area contributed by atoms with Crippen LogP contribution in [0.1, 0.15) is 32.1 Å². The average Bonchev–Trinajstić information content (AvgIpc) is 2.71. The Morgan fingerprint density at radius 2 is 1.87 bits per heavy atom. The van der Waals surface area contributed by atoms with Gasteiger partial charge in [0.1, 0.15) is 0 Å². The maximum atomic E-state index is 12.0. The number of hydrogen-bond donors (Lipinski definition) is 1. The van der Waals surface area contributed by atoms with Gasteiger partial charge in [-0.1, -0.05) is 6.42 Å². The molecule has 1 unspecified atom stereocenters. The van der Waals surface area contributed by atoms with Crippen LogP contribution in [0.2, 0.25) is 0 Å². The van der Waals surface area contributed by atoms with Crippen molar-refractivity contribution in [3.05, 3.63) is 0 Å². The van der Waals surface area contributed by atoms with Crippen LogP contribution in [-0.4, -0.2) is 44.2 Å². The molecule has 2 heterocycles. The van der Waals surface area contributed by atoms with Gasteiger partial charge in [-0.15, -0.1) is 0 Å². The molecule has 0 spiro atoms. The lowest BCUT2D eigenvalue weighted by atomic mass is 10.2. The highest BCUT2D eigenvalue weighted by Gasteiger charge is 2.28. The summed E-state index contributed by atoms with van der Waals surface area (Å²) >= 11 is 0. The molecule has 0 saturated carbocycles. The minimum atomic E-state index is -3.00. The Bertz CT molecular complexity index is 291. The number of sulfonamides is 1. The number of piperidine rings is 1. The molecule has 2 rings (SSSR count). The summed E-state index contributed by atoms with van der Waals surface area (Å²) in [6.45, 7) is 2.43. The van der Waals surface area contributed by atoms with Crippen molar-refractivity contribution in [2.45, 2.75) is 38.1 Å². The van der Waals surface area contributed by atoms with E-state index < -0.39 is 10.0 Å². The minimum absolute atomic E-state index is 0.192. The van der Waals surface area contributed by atoms with Gasteiger partial charge in [0, 0.05) is 19.1 Å². The molecule has 88 valence electrons. The van der Waals surface area contributed by atoms with Gasteiger partial charge < -0.3 is 5.32 Å². The maximum Gasteiger partial charge on any atom is 0.215 e. The van der Waals surface area contributed by atoms with Gasteiger partial charge in [0.2, 0.25) is 10.0 Å². The molecule has 0 aliphatic carbocycles. The molecule has 5 heteroatoms. The molecule has 0 aromatic heterocycles. The van der Waals surface area contributed by atoms with E-state index in [0.717, 1.165) is 45.3 Å². The second-order valence-corrected chi connectivity index (χ2v) is 6.55. The molecule has 2 aliphatic heterocycles. The van der Waals surface area contributed by atoms with Gasteiger partial charge in [0.05, 0.1) is 5.75 Å². The van der Waals surface area contributed by atoms with Crippen LogP contribution >= 0.6 is 0 Å². The topological polar surface area (TPSA) is 49.4 Å². The zero-order valence-corrected chi connectivity index (χ0v) is 9.93. The predicted octanol–water partition coefficient (Wildman–Crippen LogP) is 0.554. The van der Waals surface area contributed by atoms with Gasteiger partial charge in [-0.3, -0.25) is 0 Å². The summed E-state index contributed by atoms with van der Waals surface area (Å²) in [6, 6.07) is 0.192. The van der Waals surface area contributed by atoms with Crippen LogP contribution < -0.4 is 5.32 Å². The molecule has 0 amide bonds. The highest BCUT2D eigenvalue weighted by atomic mass is 32.2. The zero-order chi connectivity index (χ0) is 10.7. The lowest BCUT2D eigenvalue weighted by molar-refractivity contribution is 0.345. The van der Waals surface area contributed by atoms with Gasteiger partial charge in [-0.05, 0) is 32.2 Å². The molecule has 1 N–H and O–H groups in total. The summed E-state index contributed by atoms with van der Waals surface area (Å²) in [7, 11) is -3.00. The molecular weight excluding hydrogens is 212 g/mol. The van der Waals surface area contributed by atoms with Crippen molar-refractivity contribution in [1.29, 1.82) is 0 Å². The largest absolute Gasteiger partial charge is 0.313 e. The standard InChI is InChI=1S/C10H20N2O2S/c13-15(14,9-10-5-4-6-11-10)12-7-2-1-3-8-12/h10-11H,1-9H2. The van der Waals surface area contributed by atoms with Crippen LogP contribution in [0.25, 0.3) is 0 Å². The summed E-state index contributed by atoms with van der Waals surface area (Å²) in [5.41, 5.74) is 0. The van der Waals surface area contributed by atoms with E-state index in [9.17, 15) is 8.42 Å². The predicted molar refractivity (Wildman–Crippen MR) is 60.2 cm³/mol. The number of rotatable bonds is 3. The molecule has 0 bridgehead atoms. The van der Waals surface area contributed by atoms with Crippen LogP contribution in [0, 0.1) is 0 Å². The van der Waals surface area contributed by atoms with Crippen molar-refractivity contribution in [3.63, 3.8) is 0 Å². The fourth-order valence-electron chi connectivity index (χ4n) is 2.40. The van der Waals surface area contributed by atoms with E-state index in [1.54, 1.807) is 4.31 Å².